The molecular weight excluding hydrogens is 324 g/mol. The number of carbonyl (C=O) groups is 1. The molecule has 1 unspecified atom stereocenters. The Hall–Kier alpha value is -2.39. The number of carbonyl (C=O) groups excluding carboxylic acids is 1. The number of Topliss-reactive ketones (excluding diaryl/α,β-unsaturated/α-hetero) is 1. The average Bonchev–Trinajstić information content (AvgIpc) is 2.99. The molecule has 0 saturated carbocycles. The van der Waals surface area contributed by atoms with E-state index in [1.165, 1.54) is 22.3 Å². The molecule has 0 spiro atoms. The highest BCUT2D eigenvalue weighted by Gasteiger charge is 2.49. The molecule has 0 aromatic heterocycles. The monoisotopic (exact) mass is 348 g/mol. The lowest BCUT2D eigenvalue weighted by Gasteiger charge is -2.45. The Bertz CT molecular complexity index is 871. The predicted molar refractivity (Wildman–Crippen MR) is 102 cm³/mol. The zero-order valence-corrected chi connectivity index (χ0v) is 15.4. The average molecular weight is 348 g/mol. The van der Waals surface area contributed by atoms with Gasteiger partial charge >= 0.3 is 0 Å². The van der Waals surface area contributed by atoms with Gasteiger partial charge in [0, 0.05) is 12.0 Å². The highest BCUT2D eigenvalue weighted by atomic mass is 16.5. The quantitative estimate of drug-likeness (QED) is 0.612. The van der Waals surface area contributed by atoms with E-state index in [0.717, 1.165) is 18.6 Å². The van der Waals surface area contributed by atoms with E-state index in [1.807, 2.05) is 12.1 Å². The lowest BCUT2D eigenvalue weighted by molar-refractivity contribution is -0.173. The molecule has 0 bridgehead atoms. The summed E-state index contributed by atoms with van der Waals surface area (Å²) in [6.45, 7) is 8.82. The summed E-state index contributed by atoms with van der Waals surface area (Å²) in [5.74, 6) is 0.779. The van der Waals surface area contributed by atoms with Crippen molar-refractivity contribution in [1.29, 1.82) is 0 Å². The van der Waals surface area contributed by atoms with E-state index < -0.39 is 6.10 Å². The molecule has 3 nitrogen and oxygen atoms in total. The SMILES string of the molecule is C=C(C)C(=O)C(Oc1cccc2c1Cc1ccccc1-2)C1(CC)COC1. The van der Waals surface area contributed by atoms with Crippen LogP contribution in [0.5, 0.6) is 5.75 Å². The van der Waals surface area contributed by atoms with Gasteiger partial charge in [-0.1, -0.05) is 49.9 Å². The van der Waals surface area contributed by atoms with E-state index in [1.54, 1.807) is 6.92 Å². The second-order valence-electron chi connectivity index (χ2n) is 7.47. The second kappa shape index (κ2) is 6.40. The molecule has 0 radical (unpaired) electrons. The third-order valence-electron chi connectivity index (χ3n) is 5.75. The summed E-state index contributed by atoms with van der Waals surface area (Å²) in [5.41, 5.74) is 5.20. The zero-order chi connectivity index (χ0) is 18.3. The van der Waals surface area contributed by atoms with Crippen LogP contribution in [0.4, 0.5) is 0 Å². The highest BCUT2D eigenvalue weighted by Crippen LogP contribution is 2.44. The third kappa shape index (κ3) is 2.58. The molecule has 0 amide bonds. The van der Waals surface area contributed by atoms with Crippen LogP contribution in [0.2, 0.25) is 0 Å². The zero-order valence-electron chi connectivity index (χ0n) is 15.4. The summed E-state index contributed by atoms with van der Waals surface area (Å²) in [4.78, 5) is 12.9. The van der Waals surface area contributed by atoms with E-state index in [4.69, 9.17) is 9.47 Å². The number of ether oxygens (including phenoxy) is 2. The molecule has 26 heavy (non-hydrogen) atoms. The normalized spacial score (nSPS) is 17.6. The van der Waals surface area contributed by atoms with Crippen molar-refractivity contribution in [2.45, 2.75) is 32.8 Å². The molecule has 4 rings (SSSR count). The van der Waals surface area contributed by atoms with Crippen LogP contribution in [0.3, 0.4) is 0 Å². The van der Waals surface area contributed by atoms with Crippen molar-refractivity contribution in [2.24, 2.45) is 5.41 Å². The molecule has 2 aromatic carbocycles. The molecule has 1 heterocycles. The number of rotatable bonds is 6. The smallest absolute Gasteiger partial charge is 0.199 e. The van der Waals surface area contributed by atoms with Crippen molar-refractivity contribution in [2.75, 3.05) is 13.2 Å². The Morgan fingerprint density at radius 3 is 2.58 bits per heavy atom. The van der Waals surface area contributed by atoms with Gasteiger partial charge in [0.25, 0.3) is 0 Å². The molecule has 1 atom stereocenters. The van der Waals surface area contributed by atoms with E-state index in [9.17, 15) is 4.79 Å². The van der Waals surface area contributed by atoms with E-state index >= 15 is 0 Å². The Morgan fingerprint density at radius 2 is 1.92 bits per heavy atom. The van der Waals surface area contributed by atoms with Crippen molar-refractivity contribution >= 4 is 5.78 Å². The molecule has 2 aromatic rings. The molecule has 1 fully saturated rings. The maximum Gasteiger partial charge on any atom is 0.199 e. The lowest BCUT2D eigenvalue weighted by Crippen LogP contribution is -2.56. The highest BCUT2D eigenvalue weighted by molar-refractivity contribution is 5.98. The molecule has 0 N–H and O–H groups in total. The molecule has 1 aliphatic heterocycles. The first kappa shape index (κ1) is 17.0. The topological polar surface area (TPSA) is 35.5 Å². The van der Waals surface area contributed by atoms with Crippen LogP contribution in [0.25, 0.3) is 11.1 Å². The van der Waals surface area contributed by atoms with E-state index in [-0.39, 0.29) is 11.2 Å². The number of benzene rings is 2. The maximum atomic E-state index is 12.9. The van der Waals surface area contributed by atoms with Gasteiger partial charge in [0.15, 0.2) is 11.9 Å². The van der Waals surface area contributed by atoms with Gasteiger partial charge in [0.2, 0.25) is 0 Å². The van der Waals surface area contributed by atoms with Crippen LogP contribution >= 0.6 is 0 Å². The van der Waals surface area contributed by atoms with Crippen molar-refractivity contribution in [3.8, 4) is 16.9 Å². The number of hydrogen-bond donors (Lipinski definition) is 0. The predicted octanol–water partition coefficient (Wildman–Crippen LogP) is 4.58. The molecule has 1 saturated heterocycles. The fourth-order valence-corrected chi connectivity index (χ4v) is 3.95. The Morgan fingerprint density at radius 1 is 1.19 bits per heavy atom. The maximum absolute atomic E-state index is 12.9. The molecule has 2 aliphatic rings. The first-order chi connectivity index (χ1) is 12.6. The molecule has 1 aliphatic carbocycles. The summed E-state index contributed by atoms with van der Waals surface area (Å²) in [6, 6.07) is 14.5. The minimum atomic E-state index is -0.547. The minimum absolute atomic E-state index is 0.0248. The first-order valence-electron chi connectivity index (χ1n) is 9.20. The van der Waals surface area contributed by atoms with Crippen LogP contribution in [-0.2, 0) is 16.0 Å². The number of hydrogen-bond acceptors (Lipinski definition) is 3. The fourth-order valence-electron chi connectivity index (χ4n) is 3.95. The number of ketones is 1. The van der Waals surface area contributed by atoms with Crippen LogP contribution in [0, 0.1) is 5.41 Å². The van der Waals surface area contributed by atoms with Gasteiger partial charge in [-0.25, -0.2) is 0 Å². The van der Waals surface area contributed by atoms with Gasteiger partial charge in [-0.05, 0) is 41.7 Å². The van der Waals surface area contributed by atoms with Crippen LogP contribution in [0.15, 0.2) is 54.6 Å². The van der Waals surface area contributed by atoms with E-state index in [2.05, 4.69) is 43.8 Å². The van der Waals surface area contributed by atoms with Gasteiger partial charge in [0.1, 0.15) is 5.75 Å². The van der Waals surface area contributed by atoms with Gasteiger partial charge in [-0.3, -0.25) is 4.79 Å². The minimum Gasteiger partial charge on any atom is -0.481 e. The largest absolute Gasteiger partial charge is 0.481 e. The van der Waals surface area contributed by atoms with Crippen LogP contribution in [-0.4, -0.2) is 25.1 Å². The summed E-state index contributed by atoms with van der Waals surface area (Å²) >= 11 is 0. The van der Waals surface area contributed by atoms with Crippen LogP contribution in [0.1, 0.15) is 31.4 Å². The van der Waals surface area contributed by atoms with Gasteiger partial charge in [0.05, 0.1) is 18.6 Å². The van der Waals surface area contributed by atoms with Crippen molar-refractivity contribution < 1.29 is 14.3 Å². The van der Waals surface area contributed by atoms with Crippen molar-refractivity contribution in [3.05, 3.63) is 65.7 Å². The van der Waals surface area contributed by atoms with Crippen molar-refractivity contribution in [1.82, 2.24) is 0 Å². The summed E-state index contributed by atoms with van der Waals surface area (Å²) in [7, 11) is 0. The number of fused-ring (bicyclic) bond motifs is 3. The van der Waals surface area contributed by atoms with Crippen LogP contribution < -0.4 is 4.74 Å². The van der Waals surface area contributed by atoms with Gasteiger partial charge in [-0.15, -0.1) is 0 Å². The fraction of sp³-hybridized carbons (Fsp3) is 0.348. The summed E-state index contributed by atoms with van der Waals surface area (Å²) < 4.78 is 11.9. The van der Waals surface area contributed by atoms with E-state index in [0.29, 0.717) is 18.8 Å². The Labute approximate surface area is 154 Å². The standard InChI is InChI=1S/C23H24O3/c1-4-23(13-25-14-23)22(21(24)15(2)3)26-20-11-7-10-18-17-9-6-5-8-16(17)12-19(18)20/h5-11,22H,2,4,12-14H2,1,3H3. The second-order valence-corrected chi connectivity index (χ2v) is 7.47. The summed E-state index contributed by atoms with van der Waals surface area (Å²) in [6.07, 6.45) is 1.13. The molecule has 134 valence electrons. The first-order valence-corrected chi connectivity index (χ1v) is 9.20. The van der Waals surface area contributed by atoms with Gasteiger partial charge < -0.3 is 9.47 Å². The third-order valence-corrected chi connectivity index (χ3v) is 5.75. The Kier molecular flexibility index (Phi) is 4.20. The Balaban J connectivity index is 1.72. The molecular formula is C23H24O3. The molecule has 3 heteroatoms. The van der Waals surface area contributed by atoms with Gasteiger partial charge in [-0.2, -0.15) is 0 Å². The van der Waals surface area contributed by atoms with Crippen molar-refractivity contribution in [3.63, 3.8) is 0 Å². The summed E-state index contributed by atoms with van der Waals surface area (Å²) in [5, 5.41) is 0. The lowest BCUT2D eigenvalue weighted by atomic mass is 9.75.